The third-order valence-electron chi connectivity index (χ3n) is 3.94. The molecular weight excluding hydrogens is 416 g/mol. The number of amides is 3. The van der Waals surface area contributed by atoms with E-state index in [-0.39, 0.29) is 23.3 Å². The van der Waals surface area contributed by atoms with Crippen LogP contribution in [0.3, 0.4) is 0 Å². The fourth-order valence-corrected chi connectivity index (χ4v) is 3.09. The molecule has 0 saturated heterocycles. The quantitative estimate of drug-likeness (QED) is 0.435. The molecule has 5 N–H and O–H groups in total. The first-order valence-corrected chi connectivity index (χ1v) is 9.99. The second kappa shape index (κ2) is 9.72. The number of rotatable bonds is 6. The maximum atomic E-state index is 12.7. The minimum Gasteiger partial charge on any atom is -0.382 e. The van der Waals surface area contributed by atoms with Gasteiger partial charge in [-0.3, -0.25) is 19.1 Å². The Morgan fingerprint density at radius 2 is 1.48 bits per heavy atom. The lowest BCUT2D eigenvalue weighted by Crippen LogP contribution is -2.17. The van der Waals surface area contributed by atoms with Gasteiger partial charge < -0.3 is 16.4 Å². The van der Waals surface area contributed by atoms with Crippen molar-refractivity contribution in [1.29, 1.82) is 0 Å². The molecule has 0 aliphatic rings. The van der Waals surface area contributed by atoms with E-state index in [2.05, 4.69) is 25.3 Å². The van der Waals surface area contributed by atoms with Gasteiger partial charge in [-0.25, -0.2) is 9.97 Å². The van der Waals surface area contributed by atoms with Crippen LogP contribution in [0.4, 0.5) is 17.2 Å². The highest BCUT2D eigenvalue weighted by molar-refractivity contribution is 7.98. The van der Waals surface area contributed by atoms with Crippen molar-refractivity contribution in [3.63, 3.8) is 0 Å². The molecule has 1 aromatic heterocycles. The Morgan fingerprint density at radius 1 is 0.871 bits per heavy atom. The molecule has 158 valence electrons. The summed E-state index contributed by atoms with van der Waals surface area (Å²) in [5, 5.41) is 5.42. The average Bonchev–Trinajstić information content (AvgIpc) is 2.73. The maximum Gasteiger partial charge on any atom is 0.278 e. The van der Waals surface area contributed by atoms with Gasteiger partial charge in [0.1, 0.15) is 0 Å². The lowest BCUT2D eigenvalue weighted by atomic mass is 10.1. The van der Waals surface area contributed by atoms with Crippen LogP contribution < -0.4 is 21.1 Å². The predicted octanol–water partition coefficient (Wildman–Crippen LogP) is 3.08. The standard InChI is InChI=1S/C21H20N6O3S/c1-12(28)24-15-5-3-14(4-6-15)18-11-23-20(22)19(26-18)21(30)25-16-7-9-17(10-8-16)31-27-13(2)29/h3-11H,1-2H3,(H2,22,23)(H,24,28)(H,25,30)(H,27,29). The van der Waals surface area contributed by atoms with Gasteiger partial charge in [0.25, 0.3) is 5.91 Å². The van der Waals surface area contributed by atoms with E-state index < -0.39 is 5.91 Å². The normalized spacial score (nSPS) is 10.3. The van der Waals surface area contributed by atoms with E-state index in [9.17, 15) is 14.4 Å². The Labute approximate surface area is 183 Å². The summed E-state index contributed by atoms with van der Waals surface area (Å²) in [6.07, 6.45) is 1.48. The van der Waals surface area contributed by atoms with Crippen LogP contribution in [0, 0.1) is 0 Å². The summed E-state index contributed by atoms with van der Waals surface area (Å²) in [6, 6.07) is 13.9. The second-order valence-corrected chi connectivity index (χ2v) is 7.37. The molecule has 2 aromatic carbocycles. The summed E-state index contributed by atoms with van der Waals surface area (Å²) >= 11 is 1.18. The molecule has 1 heterocycles. The highest BCUT2D eigenvalue weighted by Crippen LogP contribution is 2.22. The Hall–Kier alpha value is -3.92. The highest BCUT2D eigenvalue weighted by Gasteiger charge is 2.15. The average molecular weight is 436 g/mol. The molecule has 31 heavy (non-hydrogen) atoms. The Balaban J connectivity index is 1.74. The van der Waals surface area contributed by atoms with E-state index in [0.717, 1.165) is 10.5 Å². The number of carbonyl (C=O) groups is 3. The fourth-order valence-electron chi connectivity index (χ4n) is 2.56. The van der Waals surface area contributed by atoms with Crippen molar-refractivity contribution >= 4 is 46.9 Å². The van der Waals surface area contributed by atoms with Gasteiger partial charge in [-0.1, -0.05) is 12.1 Å². The first-order chi connectivity index (χ1) is 14.8. The van der Waals surface area contributed by atoms with E-state index >= 15 is 0 Å². The molecule has 3 amide bonds. The van der Waals surface area contributed by atoms with Crippen LogP contribution >= 0.6 is 11.9 Å². The van der Waals surface area contributed by atoms with Crippen molar-refractivity contribution in [2.45, 2.75) is 18.7 Å². The molecule has 0 atom stereocenters. The van der Waals surface area contributed by atoms with Gasteiger partial charge in [-0.2, -0.15) is 0 Å². The molecule has 3 rings (SSSR count). The molecule has 0 aliphatic carbocycles. The van der Waals surface area contributed by atoms with Crippen LogP contribution in [-0.2, 0) is 9.59 Å². The number of nitrogens with one attached hydrogen (secondary N) is 3. The SMILES string of the molecule is CC(=O)NSc1ccc(NC(=O)c2nc(-c3ccc(NC(C)=O)cc3)cnc2N)cc1. The van der Waals surface area contributed by atoms with Gasteiger partial charge in [-0.15, -0.1) is 0 Å². The monoisotopic (exact) mass is 436 g/mol. The summed E-state index contributed by atoms with van der Waals surface area (Å²) in [4.78, 5) is 44.1. The molecule has 3 aromatic rings. The molecule has 0 spiro atoms. The van der Waals surface area contributed by atoms with Crippen molar-refractivity contribution in [3.05, 3.63) is 60.4 Å². The molecule has 0 unspecified atom stereocenters. The van der Waals surface area contributed by atoms with Crippen LogP contribution in [0.15, 0.2) is 59.6 Å². The first-order valence-electron chi connectivity index (χ1n) is 9.17. The number of carbonyl (C=O) groups excluding carboxylic acids is 3. The van der Waals surface area contributed by atoms with Gasteiger partial charge in [-0.05, 0) is 48.3 Å². The Bertz CT molecular complexity index is 1120. The van der Waals surface area contributed by atoms with Gasteiger partial charge >= 0.3 is 0 Å². The van der Waals surface area contributed by atoms with Crippen LogP contribution in [0.25, 0.3) is 11.3 Å². The van der Waals surface area contributed by atoms with Crippen LogP contribution in [0.1, 0.15) is 24.3 Å². The lowest BCUT2D eigenvalue weighted by molar-refractivity contribution is -0.117. The minimum atomic E-state index is -0.496. The maximum absolute atomic E-state index is 12.7. The van der Waals surface area contributed by atoms with Crippen LogP contribution in [-0.4, -0.2) is 27.7 Å². The number of nitrogen functional groups attached to an aromatic ring is 1. The Kier molecular flexibility index (Phi) is 6.83. The molecule has 0 radical (unpaired) electrons. The van der Waals surface area contributed by atoms with Gasteiger partial charge in [0.2, 0.25) is 11.8 Å². The number of nitrogens with two attached hydrogens (primary N) is 1. The zero-order chi connectivity index (χ0) is 22.4. The number of hydrogen-bond acceptors (Lipinski definition) is 7. The number of hydrogen-bond donors (Lipinski definition) is 4. The summed E-state index contributed by atoms with van der Waals surface area (Å²) < 4.78 is 2.62. The molecule has 9 nitrogen and oxygen atoms in total. The number of nitrogens with zero attached hydrogens (tertiary/aromatic N) is 2. The van der Waals surface area contributed by atoms with E-state index in [4.69, 9.17) is 5.73 Å². The molecule has 0 bridgehead atoms. The highest BCUT2D eigenvalue weighted by atomic mass is 32.2. The molecule has 10 heteroatoms. The number of anilines is 3. The fraction of sp³-hybridized carbons (Fsp3) is 0.0952. The van der Waals surface area contributed by atoms with Gasteiger partial charge in [0.05, 0.1) is 11.9 Å². The largest absolute Gasteiger partial charge is 0.382 e. The summed E-state index contributed by atoms with van der Waals surface area (Å²) in [5.41, 5.74) is 8.25. The van der Waals surface area contributed by atoms with E-state index in [1.54, 1.807) is 48.5 Å². The molecular formula is C21H20N6O3S. The van der Waals surface area contributed by atoms with Crippen molar-refractivity contribution in [1.82, 2.24) is 14.7 Å². The minimum absolute atomic E-state index is 0.000125. The molecule has 0 fully saturated rings. The smallest absolute Gasteiger partial charge is 0.278 e. The van der Waals surface area contributed by atoms with Crippen LogP contribution in [0.2, 0.25) is 0 Å². The summed E-state index contributed by atoms with van der Waals surface area (Å²) in [5.74, 6) is -0.806. The third kappa shape index (κ3) is 6.03. The van der Waals surface area contributed by atoms with Crippen LogP contribution in [0.5, 0.6) is 0 Å². The van der Waals surface area contributed by atoms with Crippen molar-refractivity contribution in [2.24, 2.45) is 0 Å². The van der Waals surface area contributed by atoms with Gasteiger partial charge in [0, 0.05) is 35.7 Å². The number of aromatic nitrogens is 2. The Morgan fingerprint density at radius 3 is 2.10 bits per heavy atom. The summed E-state index contributed by atoms with van der Waals surface area (Å²) in [6.45, 7) is 2.86. The zero-order valence-corrected chi connectivity index (χ0v) is 17.6. The zero-order valence-electron chi connectivity index (χ0n) is 16.8. The van der Waals surface area contributed by atoms with E-state index in [1.165, 1.54) is 32.0 Å². The van der Waals surface area contributed by atoms with Crippen molar-refractivity contribution in [2.75, 3.05) is 16.4 Å². The van der Waals surface area contributed by atoms with Gasteiger partial charge in [0.15, 0.2) is 11.5 Å². The van der Waals surface area contributed by atoms with Crippen molar-refractivity contribution < 1.29 is 14.4 Å². The second-order valence-electron chi connectivity index (χ2n) is 6.49. The number of benzene rings is 2. The topological polar surface area (TPSA) is 139 Å². The van der Waals surface area contributed by atoms with E-state index in [0.29, 0.717) is 17.1 Å². The van der Waals surface area contributed by atoms with Crippen molar-refractivity contribution in [3.8, 4) is 11.3 Å². The first kappa shape index (κ1) is 21.8. The third-order valence-corrected chi connectivity index (χ3v) is 4.84. The molecule has 0 saturated carbocycles. The van der Waals surface area contributed by atoms with E-state index in [1.807, 2.05) is 0 Å². The summed E-state index contributed by atoms with van der Waals surface area (Å²) in [7, 11) is 0. The molecule has 0 aliphatic heterocycles. The lowest BCUT2D eigenvalue weighted by Gasteiger charge is -2.09. The predicted molar refractivity (Wildman–Crippen MR) is 120 cm³/mol.